The maximum atomic E-state index is 12.4. The monoisotopic (exact) mass is 312 g/mol. The molecule has 1 N–H and O–H groups in total. The predicted octanol–water partition coefficient (Wildman–Crippen LogP) is 1.42. The first-order valence-corrected chi connectivity index (χ1v) is 7.50. The Kier molecular flexibility index (Phi) is 5.23. The molecule has 0 bridgehead atoms. The number of hydrogen-bond donors (Lipinski definition) is 1. The molecule has 0 fully saturated rings. The number of sulfonamides is 1. The second kappa shape index (κ2) is 6.51. The van der Waals surface area contributed by atoms with E-state index in [1.807, 2.05) is 6.07 Å². The molecular formula is C12H16N4O4S. The van der Waals surface area contributed by atoms with Crippen molar-refractivity contribution < 1.29 is 13.3 Å². The molecule has 0 spiro atoms. The number of hydrogen-bond acceptors (Lipinski definition) is 6. The average molecular weight is 312 g/mol. The minimum absolute atomic E-state index is 0.0379. The van der Waals surface area contributed by atoms with Gasteiger partial charge >= 0.3 is 0 Å². The van der Waals surface area contributed by atoms with Crippen LogP contribution in [0.25, 0.3) is 0 Å². The maximum absolute atomic E-state index is 12.4. The van der Waals surface area contributed by atoms with Gasteiger partial charge in [-0.2, -0.15) is 9.57 Å². The molecule has 1 aromatic carbocycles. The quantitative estimate of drug-likeness (QED) is 0.627. The zero-order valence-corrected chi connectivity index (χ0v) is 12.7. The van der Waals surface area contributed by atoms with E-state index >= 15 is 0 Å². The lowest BCUT2D eigenvalue weighted by molar-refractivity contribution is -0.387. The molecular weight excluding hydrogens is 296 g/mol. The third-order valence-electron chi connectivity index (χ3n) is 2.88. The van der Waals surface area contributed by atoms with Gasteiger partial charge in [0.25, 0.3) is 5.69 Å². The summed E-state index contributed by atoms with van der Waals surface area (Å²) in [6.45, 7) is 1.54. The van der Waals surface area contributed by atoms with Crippen LogP contribution in [0.4, 0.5) is 11.4 Å². The number of nitro benzene ring substituents is 1. The standard InChI is InChI=1S/C12H16N4O4S/c1-9(7-13)8-15(3)21(19,20)12-5-4-10(14-2)6-11(12)16(17)18/h4-6,9,14H,8H2,1-3H3. The summed E-state index contributed by atoms with van der Waals surface area (Å²) >= 11 is 0. The van der Waals surface area contributed by atoms with E-state index in [4.69, 9.17) is 5.26 Å². The summed E-state index contributed by atoms with van der Waals surface area (Å²) in [5.41, 5.74) is -0.0630. The van der Waals surface area contributed by atoms with Gasteiger partial charge in [-0.1, -0.05) is 0 Å². The number of nitro groups is 1. The highest BCUT2D eigenvalue weighted by Gasteiger charge is 2.30. The lowest BCUT2D eigenvalue weighted by atomic mass is 10.2. The molecule has 1 rings (SSSR count). The van der Waals surface area contributed by atoms with Crippen LogP contribution in [-0.4, -0.2) is 38.3 Å². The second-order valence-corrected chi connectivity index (χ2v) is 6.52. The number of nitrogens with one attached hydrogen (secondary N) is 1. The van der Waals surface area contributed by atoms with Crippen molar-refractivity contribution in [3.05, 3.63) is 28.3 Å². The Morgan fingerprint density at radius 1 is 1.52 bits per heavy atom. The van der Waals surface area contributed by atoms with Gasteiger partial charge in [-0.3, -0.25) is 10.1 Å². The minimum Gasteiger partial charge on any atom is -0.388 e. The summed E-state index contributed by atoms with van der Waals surface area (Å²) in [6, 6.07) is 5.72. The van der Waals surface area contributed by atoms with Crippen molar-refractivity contribution >= 4 is 21.4 Å². The van der Waals surface area contributed by atoms with Crippen LogP contribution in [0.5, 0.6) is 0 Å². The molecule has 0 aliphatic carbocycles. The van der Waals surface area contributed by atoms with Crippen molar-refractivity contribution in [1.29, 1.82) is 5.26 Å². The molecule has 0 aliphatic rings. The van der Waals surface area contributed by atoms with Crippen LogP contribution in [0.3, 0.4) is 0 Å². The first kappa shape index (κ1) is 16.9. The first-order chi connectivity index (χ1) is 9.73. The van der Waals surface area contributed by atoms with Gasteiger partial charge in [-0.25, -0.2) is 8.42 Å². The van der Waals surface area contributed by atoms with Gasteiger partial charge in [-0.05, 0) is 19.1 Å². The van der Waals surface area contributed by atoms with Crippen molar-refractivity contribution in [3.8, 4) is 6.07 Å². The summed E-state index contributed by atoms with van der Waals surface area (Å²) in [7, 11) is -1.16. The van der Waals surface area contributed by atoms with E-state index in [0.717, 1.165) is 10.4 Å². The Morgan fingerprint density at radius 3 is 2.62 bits per heavy atom. The predicted molar refractivity (Wildman–Crippen MR) is 77.2 cm³/mol. The number of rotatable bonds is 6. The summed E-state index contributed by atoms with van der Waals surface area (Å²) < 4.78 is 25.7. The summed E-state index contributed by atoms with van der Waals surface area (Å²) in [6.07, 6.45) is 0. The lowest BCUT2D eigenvalue weighted by Gasteiger charge is -2.18. The number of benzene rings is 1. The van der Waals surface area contributed by atoms with Crippen LogP contribution in [0, 0.1) is 27.4 Å². The van der Waals surface area contributed by atoms with Crippen molar-refractivity contribution in [2.24, 2.45) is 5.92 Å². The summed E-state index contributed by atoms with van der Waals surface area (Å²) in [4.78, 5) is 9.95. The van der Waals surface area contributed by atoms with E-state index in [1.165, 1.54) is 19.2 Å². The van der Waals surface area contributed by atoms with Crippen LogP contribution < -0.4 is 5.32 Å². The molecule has 8 nitrogen and oxygen atoms in total. The van der Waals surface area contributed by atoms with Crippen LogP contribution in [0.2, 0.25) is 0 Å². The van der Waals surface area contributed by atoms with E-state index in [0.29, 0.717) is 5.69 Å². The molecule has 0 heterocycles. The Bertz CT molecular complexity index is 681. The van der Waals surface area contributed by atoms with Gasteiger partial charge in [-0.15, -0.1) is 0 Å². The Hall–Kier alpha value is -2.18. The van der Waals surface area contributed by atoms with Crippen LogP contribution in [-0.2, 0) is 10.0 Å². The molecule has 0 amide bonds. The van der Waals surface area contributed by atoms with Crippen molar-refractivity contribution in [2.75, 3.05) is 26.0 Å². The van der Waals surface area contributed by atoms with Gasteiger partial charge in [0.1, 0.15) is 0 Å². The van der Waals surface area contributed by atoms with Crippen molar-refractivity contribution in [3.63, 3.8) is 0 Å². The van der Waals surface area contributed by atoms with E-state index in [1.54, 1.807) is 14.0 Å². The highest BCUT2D eigenvalue weighted by molar-refractivity contribution is 7.89. The molecule has 21 heavy (non-hydrogen) atoms. The van der Waals surface area contributed by atoms with Crippen LogP contribution >= 0.6 is 0 Å². The Balaban J connectivity index is 3.31. The summed E-state index contributed by atoms with van der Waals surface area (Å²) in [5.74, 6) is -0.514. The third kappa shape index (κ3) is 3.68. The van der Waals surface area contributed by atoms with Crippen LogP contribution in [0.1, 0.15) is 6.92 Å². The molecule has 1 unspecified atom stereocenters. The zero-order chi connectivity index (χ0) is 16.2. The van der Waals surface area contributed by atoms with E-state index < -0.39 is 26.6 Å². The molecule has 114 valence electrons. The van der Waals surface area contributed by atoms with Gasteiger partial charge < -0.3 is 5.32 Å². The van der Waals surface area contributed by atoms with E-state index in [-0.39, 0.29) is 11.4 Å². The van der Waals surface area contributed by atoms with Gasteiger partial charge in [0.05, 0.1) is 16.9 Å². The van der Waals surface area contributed by atoms with Crippen LogP contribution in [0.15, 0.2) is 23.1 Å². The fourth-order valence-electron chi connectivity index (χ4n) is 1.73. The zero-order valence-electron chi connectivity index (χ0n) is 11.9. The molecule has 1 atom stereocenters. The molecule has 0 radical (unpaired) electrons. The molecule has 0 aromatic heterocycles. The molecule has 1 aromatic rings. The first-order valence-electron chi connectivity index (χ1n) is 6.06. The second-order valence-electron chi connectivity index (χ2n) is 4.51. The fourth-order valence-corrected chi connectivity index (χ4v) is 3.12. The van der Waals surface area contributed by atoms with Gasteiger partial charge in [0.15, 0.2) is 4.90 Å². The minimum atomic E-state index is -4.03. The average Bonchev–Trinajstić information content (AvgIpc) is 2.45. The molecule has 0 saturated carbocycles. The van der Waals surface area contributed by atoms with Gasteiger partial charge in [0.2, 0.25) is 10.0 Å². The highest BCUT2D eigenvalue weighted by Crippen LogP contribution is 2.29. The lowest BCUT2D eigenvalue weighted by Crippen LogP contribution is -2.31. The molecule has 0 saturated heterocycles. The topological polar surface area (TPSA) is 116 Å². The molecule has 0 aliphatic heterocycles. The third-order valence-corrected chi connectivity index (χ3v) is 4.75. The Labute approximate surface area is 123 Å². The number of nitrogens with zero attached hydrogens (tertiary/aromatic N) is 3. The smallest absolute Gasteiger partial charge is 0.291 e. The Morgan fingerprint density at radius 2 is 2.14 bits per heavy atom. The molecule has 9 heteroatoms. The normalized spacial score (nSPS) is 12.7. The highest BCUT2D eigenvalue weighted by atomic mass is 32.2. The van der Waals surface area contributed by atoms with Gasteiger partial charge in [0, 0.05) is 32.4 Å². The maximum Gasteiger partial charge on any atom is 0.291 e. The summed E-state index contributed by atoms with van der Waals surface area (Å²) in [5, 5.41) is 22.5. The number of nitriles is 1. The van der Waals surface area contributed by atoms with Crippen molar-refractivity contribution in [2.45, 2.75) is 11.8 Å². The van der Waals surface area contributed by atoms with E-state index in [9.17, 15) is 18.5 Å². The number of anilines is 1. The SMILES string of the molecule is CNc1ccc(S(=O)(=O)N(C)CC(C)C#N)c([N+](=O)[O-])c1. The largest absolute Gasteiger partial charge is 0.388 e. The van der Waals surface area contributed by atoms with Crippen molar-refractivity contribution in [1.82, 2.24) is 4.31 Å². The fraction of sp³-hybridized carbons (Fsp3) is 0.417. The van der Waals surface area contributed by atoms with E-state index in [2.05, 4.69) is 5.32 Å².